The molecule has 1 aromatic carbocycles. The number of nitrogens with two attached hydrogens (primary N) is 1. The number of hydrogen-bond acceptors (Lipinski definition) is 3. The Balaban J connectivity index is 2.98. The second-order valence-corrected chi connectivity index (χ2v) is 4.23. The molecule has 0 aliphatic rings. The van der Waals surface area contributed by atoms with Crippen molar-refractivity contribution < 1.29 is 27.6 Å². The molecule has 0 fully saturated rings. The number of amidine groups is 1. The zero-order valence-electron chi connectivity index (χ0n) is 11.0. The maximum Gasteiger partial charge on any atom is 0.419 e. The fourth-order valence-corrected chi connectivity index (χ4v) is 1.56. The summed E-state index contributed by atoms with van der Waals surface area (Å²) >= 11 is 0. The predicted molar refractivity (Wildman–Crippen MR) is 66.4 cm³/mol. The van der Waals surface area contributed by atoms with E-state index in [9.17, 15) is 22.4 Å². The molecule has 0 aliphatic carbocycles. The summed E-state index contributed by atoms with van der Waals surface area (Å²) in [6, 6.07) is 2.48. The van der Waals surface area contributed by atoms with Gasteiger partial charge >= 0.3 is 6.18 Å². The molecule has 116 valence electrons. The lowest BCUT2D eigenvalue weighted by atomic mass is 10.1. The van der Waals surface area contributed by atoms with Crippen molar-refractivity contribution in [2.45, 2.75) is 12.6 Å². The summed E-state index contributed by atoms with van der Waals surface area (Å²) in [7, 11) is 1.27. The highest BCUT2D eigenvalue weighted by Crippen LogP contribution is 2.32. The maximum absolute atomic E-state index is 13.8. The van der Waals surface area contributed by atoms with Gasteiger partial charge in [-0.15, -0.1) is 0 Å². The Labute approximate surface area is 117 Å². The molecule has 0 atom stereocenters. The molecule has 0 unspecified atom stereocenters. The van der Waals surface area contributed by atoms with Gasteiger partial charge in [0.15, 0.2) is 0 Å². The first-order chi connectivity index (χ1) is 9.68. The molecule has 1 rings (SSSR count). The average Bonchev–Trinajstić information content (AvgIpc) is 2.42. The van der Waals surface area contributed by atoms with Crippen LogP contribution in [0.5, 0.6) is 0 Å². The SMILES string of the molecule is CN(CC/C(N)=N/O)C(=O)c1cccc(C(F)(F)F)c1F. The Bertz CT molecular complexity index is 558. The number of nitrogens with zero attached hydrogens (tertiary/aromatic N) is 2. The topological polar surface area (TPSA) is 78.9 Å². The quantitative estimate of drug-likeness (QED) is 0.294. The fourth-order valence-electron chi connectivity index (χ4n) is 1.56. The largest absolute Gasteiger partial charge is 0.419 e. The number of carbonyl (C=O) groups is 1. The van der Waals surface area contributed by atoms with Crippen molar-refractivity contribution in [2.75, 3.05) is 13.6 Å². The number of halogens is 4. The highest BCUT2D eigenvalue weighted by Gasteiger charge is 2.36. The lowest BCUT2D eigenvalue weighted by molar-refractivity contribution is -0.140. The Morgan fingerprint density at radius 1 is 1.43 bits per heavy atom. The van der Waals surface area contributed by atoms with Gasteiger partial charge in [-0.3, -0.25) is 4.79 Å². The second-order valence-electron chi connectivity index (χ2n) is 4.23. The molecule has 0 aromatic heterocycles. The minimum atomic E-state index is -4.88. The maximum atomic E-state index is 13.8. The van der Waals surface area contributed by atoms with Gasteiger partial charge in [0.2, 0.25) is 0 Å². The first kappa shape index (κ1) is 16.7. The van der Waals surface area contributed by atoms with Crippen LogP contribution >= 0.6 is 0 Å². The normalized spacial score (nSPS) is 12.3. The van der Waals surface area contributed by atoms with Crippen LogP contribution in [0.1, 0.15) is 22.3 Å². The minimum Gasteiger partial charge on any atom is -0.409 e. The molecule has 1 aromatic rings. The molecule has 0 radical (unpaired) electrons. The van der Waals surface area contributed by atoms with Crippen molar-refractivity contribution in [3.63, 3.8) is 0 Å². The van der Waals surface area contributed by atoms with Gasteiger partial charge < -0.3 is 15.8 Å². The van der Waals surface area contributed by atoms with E-state index < -0.39 is 29.0 Å². The summed E-state index contributed by atoms with van der Waals surface area (Å²) in [6.45, 7) is -0.0373. The molecule has 0 saturated heterocycles. The number of carbonyl (C=O) groups excluding carboxylic acids is 1. The third-order valence-corrected chi connectivity index (χ3v) is 2.71. The zero-order chi connectivity index (χ0) is 16.2. The summed E-state index contributed by atoms with van der Waals surface area (Å²) in [5.41, 5.74) is 3.02. The second kappa shape index (κ2) is 6.42. The minimum absolute atomic E-state index is 0.000674. The standard InChI is InChI=1S/C12H13F4N3O2/c1-19(6-5-9(17)18-21)11(20)7-3-2-4-8(10(7)13)12(14,15)16/h2-4,21H,5-6H2,1H3,(H2,17,18). The van der Waals surface area contributed by atoms with Crippen molar-refractivity contribution in [3.8, 4) is 0 Å². The molecule has 0 saturated carbocycles. The van der Waals surface area contributed by atoms with Crippen molar-refractivity contribution in [1.29, 1.82) is 0 Å². The molecule has 5 nitrogen and oxygen atoms in total. The number of oxime groups is 1. The molecular formula is C12H13F4N3O2. The van der Waals surface area contributed by atoms with Gasteiger partial charge in [-0.25, -0.2) is 4.39 Å². The van der Waals surface area contributed by atoms with E-state index in [1.165, 1.54) is 7.05 Å². The Morgan fingerprint density at radius 2 is 2.05 bits per heavy atom. The number of rotatable bonds is 4. The van der Waals surface area contributed by atoms with E-state index in [4.69, 9.17) is 10.9 Å². The van der Waals surface area contributed by atoms with Gasteiger partial charge in [0, 0.05) is 20.0 Å². The van der Waals surface area contributed by atoms with Crippen molar-refractivity contribution in [2.24, 2.45) is 10.9 Å². The Hall–Kier alpha value is -2.32. The summed E-state index contributed by atoms with van der Waals surface area (Å²) in [5, 5.41) is 11.0. The van der Waals surface area contributed by atoms with Crippen molar-refractivity contribution in [3.05, 3.63) is 35.1 Å². The molecule has 1 amide bonds. The number of alkyl halides is 3. The van der Waals surface area contributed by atoms with Crippen molar-refractivity contribution >= 4 is 11.7 Å². The first-order valence-corrected chi connectivity index (χ1v) is 5.76. The van der Waals surface area contributed by atoms with Crippen molar-refractivity contribution in [1.82, 2.24) is 4.90 Å². The predicted octanol–water partition coefficient (Wildman–Crippen LogP) is 2.05. The van der Waals surface area contributed by atoms with E-state index in [1.807, 2.05) is 0 Å². The summed E-state index contributed by atoms with van der Waals surface area (Å²) in [4.78, 5) is 12.9. The van der Waals surface area contributed by atoms with E-state index in [0.717, 1.165) is 17.0 Å². The molecule has 21 heavy (non-hydrogen) atoms. The van der Waals surface area contributed by atoms with Crippen LogP contribution in [0.3, 0.4) is 0 Å². The summed E-state index contributed by atoms with van der Waals surface area (Å²) in [6.07, 6.45) is -4.88. The lowest BCUT2D eigenvalue weighted by Gasteiger charge is -2.18. The number of hydrogen-bond donors (Lipinski definition) is 2. The highest BCUT2D eigenvalue weighted by molar-refractivity contribution is 5.95. The smallest absolute Gasteiger partial charge is 0.409 e. The Kier molecular flexibility index (Phi) is 5.12. The molecule has 0 heterocycles. The lowest BCUT2D eigenvalue weighted by Crippen LogP contribution is -2.31. The fraction of sp³-hybridized carbons (Fsp3) is 0.333. The zero-order valence-corrected chi connectivity index (χ0v) is 11.0. The summed E-state index contributed by atoms with van der Waals surface area (Å²) in [5.74, 6) is -2.70. The van der Waals surface area contributed by atoms with Crippen LogP contribution in [0.2, 0.25) is 0 Å². The van der Waals surface area contributed by atoms with Gasteiger partial charge in [0.05, 0.1) is 11.1 Å². The molecule has 0 spiro atoms. The molecule has 0 aliphatic heterocycles. The van der Waals surface area contributed by atoms with Crippen LogP contribution in [0.25, 0.3) is 0 Å². The summed E-state index contributed by atoms with van der Waals surface area (Å²) < 4.78 is 51.5. The van der Waals surface area contributed by atoms with E-state index in [0.29, 0.717) is 6.07 Å². The van der Waals surface area contributed by atoms with Gasteiger partial charge in [-0.2, -0.15) is 13.2 Å². The molecule has 9 heteroatoms. The number of benzene rings is 1. The molecule has 3 N–H and O–H groups in total. The van der Waals surface area contributed by atoms with Crippen LogP contribution in [0.4, 0.5) is 17.6 Å². The van der Waals surface area contributed by atoms with Crippen LogP contribution < -0.4 is 5.73 Å². The van der Waals surface area contributed by atoms with Gasteiger partial charge in [-0.1, -0.05) is 11.2 Å². The molecule has 0 bridgehead atoms. The third-order valence-electron chi connectivity index (χ3n) is 2.71. The van der Waals surface area contributed by atoms with E-state index in [-0.39, 0.29) is 18.8 Å². The van der Waals surface area contributed by atoms with Gasteiger partial charge in [-0.05, 0) is 12.1 Å². The molecular weight excluding hydrogens is 294 g/mol. The van der Waals surface area contributed by atoms with E-state index >= 15 is 0 Å². The average molecular weight is 307 g/mol. The van der Waals surface area contributed by atoms with Crippen LogP contribution in [-0.2, 0) is 6.18 Å². The van der Waals surface area contributed by atoms with Gasteiger partial charge in [0.25, 0.3) is 5.91 Å². The van der Waals surface area contributed by atoms with Crippen LogP contribution in [-0.4, -0.2) is 35.4 Å². The Morgan fingerprint density at radius 3 is 2.57 bits per heavy atom. The highest BCUT2D eigenvalue weighted by atomic mass is 19.4. The number of amides is 1. The van der Waals surface area contributed by atoms with Crippen LogP contribution in [0.15, 0.2) is 23.4 Å². The monoisotopic (exact) mass is 307 g/mol. The first-order valence-electron chi connectivity index (χ1n) is 5.76. The van der Waals surface area contributed by atoms with E-state index in [1.54, 1.807) is 0 Å². The van der Waals surface area contributed by atoms with E-state index in [2.05, 4.69) is 5.16 Å². The van der Waals surface area contributed by atoms with Crippen LogP contribution in [0, 0.1) is 5.82 Å². The third kappa shape index (κ3) is 4.07. The van der Waals surface area contributed by atoms with Gasteiger partial charge in [0.1, 0.15) is 11.7 Å².